The Bertz CT molecular complexity index is 488. The van der Waals surface area contributed by atoms with Crippen LogP contribution in [0, 0.1) is 6.92 Å². The van der Waals surface area contributed by atoms with Crippen LogP contribution < -0.4 is 0 Å². The molecule has 0 aliphatic carbocycles. The topological polar surface area (TPSA) is 0 Å². The smallest absolute Gasteiger partial charge is 0.209 e. The summed E-state index contributed by atoms with van der Waals surface area (Å²) >= 11 is 6.00. The first-order chi connectivity index (χ1) is 8.58. The summed E-state index contributed by atoms with van der Waals surface area (Å²) in [6.07, 6.45) is 0.913. The number of hydrogen-bond donors (Lipinski definition) is 0. The molecule has 0 aliphatic heterocycles. The highest BCUT2D eigenvalue weighted by Crippen LogP contribution is 2.35. The van der Waals surface area contributed by atoms with E-state index in [1.165, 1.54) is 0 Å². The second-order valence-electron chi connectivity index (χ2n) is 4.56. The molecule has 0 bridgehead atoms. The summed E-state index contributed by atoms with van der Waals surface area (Å²) in [6, 6.07) is 17.1. The summed E-state index contributed by atoms with van der Waals surface area (Å²) in [5.41, 5.74) is 2.74. The molecule has 0 saturated heterocycles. The second kappa shape index (κ2) is 5.53. The largest absolute Gasteiger partial charge is 0.221 e. The van der Waals surface area contributed by atoms with Crippen molar-refractivity contribution in [3.63, 3.8) is 0 Å². The highest BCUT2D eigenvalue weighted by atomic mass is 35.5. The first kappa shape index (κ1) is 13.1. The lowest BCUT2D eigenvalue weighted by Crippen LogP contribution is -2.13. The molecule has 94 valence electrons. The van der Waals surface area contributed by atoms with Gasteiger partial charge in [0.15, 0.2) is 0 Å². The number of hydrogen-bond acceptors (Lipinski definition) is 0. The van der Waals surface area contributed by atoms with Crippen molar-refractivity contribution in [3.8, 4) is 0 Å². The Morgan fingerprint density at radius 1 is 1.00 bits per heavy atom. The molecule has 0 amide bonds. The van der Waals surface area contributed by atoms with Crippen LogP contribution in [0.2, 0.25) is 0 Å². The molecule has 1 unspecified atom stereocenters. The SMILES string of the molecule is Cc1ccc(C(F)(Cl)CCc2ccccc2)cc1. The molecule has 0 spiro atoms. The van der Waals surface area contributed by atoms with E-state index in [1.807, 2.05) is 49.4 Å². The monoisotopic (exact) mass is 262 g/mol. The minimum Gasteiger partial charge on any atom is -0.221 e. The summed E-state index contributed by atoms with van der Waals surface area (Å²) in [5.74, 6) is 0. The van der Waals surface area contributed by atoms with Gasteiger partial charge in [0.2, 0.25) is 5.13 Å². The molecule has 0 fully saturated rings. The Balaban J connectivity index is 2.05. The Hall–Kier alpha value is -1.34. The van der Waals surface area contributed by atoms with Gasteiger partial charge in [-0.15, -0.1) is 0 Å². The van der Waals surface area contributed by atoms with Gasteiger partial charge in [0.05, 0.1) is 0 Å². The van der Waals surface area contributed by atoms with E-state index in [-0.39, 0.29) is 6.42 Å². The average molecular weight is 263 g/mol. The Kier molecular flexibility index (Phi) is 4.03. The molecular formula is C16H16ClF. The molecule has 0 saturated carbocycles. The van der Waals surface area contributed by atoms with E-state index in [1.54, 1.807) is 12.1 Å². The van der Waals surface area contributed by atoms with Crippen molar-refractivity contribution in [2.45, 2.75) is 24.9 Å². The van der Waals surface area contributed by atoms with Crippen LogP contribution in [0.5, 0.6) is 0 Å². The summed E-state index contributed by atoms with van der Waals surface area (Å²) in [4.78, 5) is 0. The zero-order valence-corrected chi connectivity index (χ0v) is 11.1. The second-order valence-corrected chi connectivity index (χ2v) is 5.16. The molecule has 2 heteroatoms. The van der Waals surface area contributed by atoms with Crippen LogP contribution in [0.3, 0.4) is 0 Å². The lowest BCUT2D eigenvalue weighted by molar-refractivity contribution is 0.265. The van der Waals surface area contributed by atoms with Gasteiger partial charge in [0, 0.05) is 12.0 Å². The van der Waals surface area contributed by atoms with Crippen molar-refractivity contribution in [2.24, 2.45) is 0 Å². The van der Waals surface area contributed by atoms with E-state index in [4.69, 9.17) is 11.6 Å². The van der Waals surface area contributed by atoms with Crippen molar-refractivity contribution in [1.82, 2.24) is 0 Å². The van der Waals surface area contributed by atoms with E-state index < -0.39 is 5.13 Å². The zero-order chi connectivity index (χ0) is 13.0. The van der Waals surface area contributed by atoms with Crippen molar-refractivity contribution >= 4 is 11.6 Å². The molecule has 1 atom stereocenters. The van der Waals surface area contributed by atoms with Gasteiger partial charge in [-0.3, -0.25) is 0 Å². The number of aryl methyl sites for hydroxylation is 2. The van der Waals surface area contributed by atoms with Gasteiger partial charge < -0.3 is 0 Å². The Labute approximate surface area is 112 Å². The fraction of sp³-hybridized carbons (Fsp3) is 0.250. The van der Waals surface area contributed by atoms with Gasteiger partial charge >= 0.3 is 0 Å². The molecule has 0 aromatic heterocycles. The molecule has 18 heavy (non-hydrogen) atoms. The Morgan fingerprint density at radius 2 is 1.61 bits per heavy atom. The van der Waals surface area contributed by atoms with Gasteiger partial charge in [0.25, 0.3) is 0 Å². The third-order valence-electron chi connectivity index (χ3n) is 3.04. The fourth-order valence-corrected chi connectivity index (χ4v) is 2.11. The van der Waals surface area contributed by atoms with Crippen LogP contribution in [0.4, 0.5) is 4.39 Å². The fourth-order valence-electron chi connectivity index (χ4n) is 1.89. The maximum Gasteiger partial charge on any atom is 0.209 e. The molecule has 2 aromatic rings. The number of rotatable bonds is 4. The third-order valence-corrected chi connectivity index (χ3v) is 3.45. The molecular weight excluding hydrogens is 247 g/mol. The molecule has 2 rings (SSSR count). The molecule has 2 aromatic carbocycles. The molecule has 0 heterocycles. The lowest BCUT2D eigenvalue weighted by Gasteiger charge is -2.18. The minimum atomic E-state index is -1.79. The number of alkyl halides is 2. The van der Waals surface area contributed by atoms with E-state index in [2.05, 4.69) is 0 Å². The maximum atomic E-state index is 14.4. The normalized spacial score (nSPS) is 14.2. The van der Waals surface area contributed by atoms with Crippen LogP contribution in [-0.4, -0.2) is 0 Å². The van der Waals surface area contributed by atoms with Crippen molar-refractivity contribution < 1.29 is 4.39 Å². The summed E-state index contributed by atoms with van der Waals surface area (Å²) in [6.45, 7) is 1.97. The highest BCUT2D eigenvalue weighted by molar-refractivity contribution is 6.22. The van der Waals surface area contributed by atoms with Crippen LogP contribution in [0.25, 0.3) is 0 Å². The molecule has 0 nitrogen and oxygen atoms in total. The van der Waals surface area contributed by atoms with Crippen molar-refractivity contribution in [2.75, 3.05) is 0 Å². The predicted octanol–water partition coefficient (Wildman–Crippen LogP) is 4.99. The zero-order valence-electron chi connectivity index (χ0n) is 10.4. The van der Waals surface area contributed by atoms with E-state index >= 15 is 0 Å². The van der Waals surface area contributed by atoms with Gasteiger partial charge in [-0.05, 0) is 18.9 Å². The average Bonchev–Trinajstić information content (AvgIpc) is 2.38. The van der Waals surface area contributed by atoms with Gasteiger partial charge in [-0.2, -0.15) is 0 Å². The quantitative estimate of drug-likeness (QED) is 0.681. The third kappa shape index (κ3) is 3.33. The maximum absolute atomic E-state index is 14.4. The number of benzene rings is 2. The Morgan fingerprint density at radius 3 is 2.22 bits per heavy atom. The van der Waals surface area contributed by atoms with Crippen molar-refractivity contribution in [1.29, 1.82) is 0 Å². The number of halogens is 2. The summed E-state index contributed by atoms with van der Waals surface area (Å²) in [7, 11) is 0. The standard InChI is InChI=1S/C16H16ClF/c1-13-7-9-15(10-8-13)16(17,18)12-11-14-5-3-2-4-6-14/h2-10H,11-12H2,1H3. The van der Waals surface area contributed by atoms with E-state index in [0.717, 1.165) is 11.1 Å². The molecule has 0 aliphatic rings. The van der Waals surface area contributed by atoms with Crippen LogP contribution >= 0.6 is 11.6 Å². The highest BCUT2D eigenvalue weighted by Gasteiger charge is 2.28. The van der Waals surface area contributed by atoms with Crippen molar-refractivity contribution in [3.05, 3.63) is 71.3 Å². The van der Waals surface area contributed by atoms with Gasteiger partial charge in [-0.25, -0.2) is 4.39 Å². The van der Waals surface area contributed by atoms with E-state index in [9.17, 15) is 4.39 Å². The summed E-state index contributed by atoms with van der Waals surface area (Å²) in [5, 5.41) is -1.79. The van der Waals surface area contributed by atoms with E-state index in [0.29, 0.717) is 12.0 Å². The molecule has 0 N–H and O–H groups in total. The summed E-state index contributed by atoms with van der Waals surface area (Å²) < 4.78 is 14.4. The lowest BCUT2D eigenvalue weighted by atomic mass is 10.0. The first-order valence-corrected chi connectivity index (χ1v) is 6.45. The first-order valence-electron chi connectivity index (χ1n) is 6.07. The predicted molar refractivity (Wildman–Crippen MR) is 74.6 cm³/mol. The van der Waals surface area contributed by atoms with Crippen LogP contribution in [0.15, 0.2) is 54.6 Å². The van der Waals surface area contributed by atoms with Gasteiger partial charge in [-0.1, -0.05) is 71.8 Å². The van der Waals surface area contributed by atoms with Crippen LogP contribution in [-0.2, 0) is 11.5 Å². The van der Waals surface area contributed by atoms with Gasteiger partial charge in [0.1, 0.15) is 0 Å². The van der Waals surface area contributed by atoms with Crippen LogP contribution in [0.1, 0.15) is 23.1 Å². The molecule has 0 radical (unpaired) electrons. The minimum absolute atomic E-state index is 0.279.